The minimum atomic E-state index is -0.769. The van der Waals surface area contributed by atoms with E-state index in [0.717, 1.165) is 12.8 Å². The van der Waals surface area contributed by atoms with Gasteiger partial charge in [0.05, 0.1) is 6.61 Å². The molecule has 0 bridgehead atoms. The Labute approximate surface area is 108 Å². The normalized spacial score (nSPS) is 15.8. The van der Waals surface area contributed by atoms with E-state index in [1.165, 1.54) is 0 Å². The van der Waals surface area contributed by atoms with Crippen LogP contribution in [0.2, 0.25) is 0 Å². The zero-order valence-electron chi connectivity index (χ0n) is 9.16. The van der Waals surface area contributed by atoms with Gasteiger partial charge in [0.2, 0.25) is 0 Å². The van der Waals surface area contributed by atoms with Gasteiger partial charge in [-0.05, 0) is 6.42 Å². The van der Waals surface area contributed by atoms with Crippen molar-refractivity contribution in [1.29, 1.82) is 0 Å². The maximum atomic E-state index is 11.4. The zero-order valence-corrected chi connectivity index (χ0v) is 10.7. The molecule has 94 valence electrons. The maximum Gasteiger partial charge on any atom is 0.326 e. The molecule has 2 amide bonds. The van der Waals surface area contributed by atoms with E-state index in [2.05, 4.69) is 0 Å². The molecule has 5 nitrogen and oxygen atoms in total. The molecular weight excluding hydrogens is 269 g/mol. The van der Waals surface area contributed by atoms with Crippen molar-refractivity contribution in [3.05, 3.63) is 10.1 Å². The Morgan fingerprint density at radius 1 is 1.24 bits per heavy atom. The van der Waals surface area contributed by atoms with Crippen LogP contribution in [0.1, 0.15) is 19.8 Å². The fourth-order valence-electron chi connectivity index (χ4n) is 1.17. The third-order valence-corrected chi connectivity index (χ3v) is 2.90. The van der Waals surface area contributed by atoms with Crippen molar-refractivity contribution >= 4 is 41.0 Å². The van der Waals surface area contributed by atoms with Crippen LogP contribution in [-0.2, 0) is 19.1 Å². The topological polar surface area (TPSA) is 63.7 Å². The van der Waals surface area contributed by atoms with Gasteiger partial charge in [0, 0.05) is 0 Å². The lowest BCUT2D eigenvalue weighted by atomic mass is 10.4. The second-order valence-corrected chi connectivity index (χ2v) is 4.15. The summed E-state index contributed by atoms with van der Waals surface area (Å²) in [6.07, 6.45) is 1.61. The molecule has 17 heavy (non-hydrogen) atoms. The molecule has 0 saturated heterocycles. The number of carbonyl (C=O) groups is 3. The third kappa shape index (κ3) is 3.20. The summed E-state index contributed by atoms with van der Waals surface area (Å²) in [5, 5.41) is -0.726. The van der Waals surface area contributed by atoms with Crippen molar-refractivity contribution in [3.8, 4) is 0 Å². The highest BCUT2D eigenvalue weighted by atomic mass is 35.5. The van der Waals surface area contributed by atoms with E-state index < -0.39 is 24.3 Å². The first-order valence-corrected chi connectivity index (χ1v) is 5.81. The van der Waals surface area contributed by atoms with Crippen LogP contribution in [0, 0.1) is 0 Å². The summed E-state index contributed by atoms with van der Waals surface area (Å²) in [6.45, 7) is 1.75. The van der Waals surface area contributed by atoms with Gasteiger partial charge in [-0.15, -0.1) is 0 Å². The average molecular weight is 280 g/mol. The number of carbonyl (C=O) groups excluding carboxylic acids is 3. The predicted octanol–water partition coefficient (Wildman–Crippen LogP) is 1.39. The van der Waals surface area contributed by atoms with E-state index in [1.807, 2.05) is 6.92 Å². The number of amides is 2. The number of rotatable bonds is 5. The molecule has 0 aromatic heterocycles. The first kappa shape index (κ1) is 14.0. The van der Waals surface area contributed by atoms with Gasteiger partial charge in [-0.3, -0.25) is 19.3 Å². The van der Waals surface area contributed by atoms with Crippen LogP contribution in [-0.4, -0.2) is 35.8 Å². The first-order valence-electron chi connectivity index (χ1n) is 5.06. The number of esters is 1. The SMILES string of the molecule is CCCCOC(=O)CN1C(=O)C(Cl)=C(Cl)C1=O. The van der Waals surface area contributed by atoms with Crippen molar-refractivity contribution < 1.29 is 19.1 Å². The molecule has 7 heteroatoms. The lowest BCUT2D eigenvalue weighted by Crippen LogP contribution is -2.36. The Morgan fingerprint density at radius 2 is 1.76 bits per heavy atom. The van der Waals surface area contributed by atoms with Gasteiger partial charge >= 0.3 is 5.97 Å². The lowest BCUT2D eigenvalue weighted by molar-refractivity contribution is -0.151. The number of hydrogen-bond donors (Lipinski definition) is 0. The van der Waals surface area contributed by atoms with Crippen molar-refractivity contribution in [1.82, 2.24) is 4.90 Å². The van der Waals surface area contributed by atoms with Gasteiger partial charge in [-0.25, -0.2) is 0 Å². The monoisotopic (exact) mass is 279 g/mol. The van der Waals surface area contributed by atoms with Gasteiger partial charge < -0.3 is 4.74 Å². The number of ether oxygens (including phenoxy) is 1. The fourth-order valence-corrected chi connectivity index (χ4v) is 1.53. The Bertz CT molecular complexity index is 368. The van der Waals surface area contributed by atoms with Crippen LogP contribution in [0.3, 0.4) is 0 Å². The molecule has 0 spiro atoms. The van der Waals surface area contributed by atoms with Gasteiger partial charge in [0.15, 0.2) is 0 Å². The molecule has 0 unspecified atom stereocenters. The molecule has 0 radical (unpaired) electrons. The maximum absolute atomic E-state index is 11.4. The summed E-state index contributed by atoms with van der Waals surface area (Å²) >= 11 is 11.0. The molecule has 0 atom stereocenters. The number of imide groups is 1. The van der Waals surface area contributed by atoms with Gasteiger partial charge in [0.25, 0.3) is 11.8 Å². The van der Waals surface area contributed by atoms with E-state index >= 15 is 0 Å². The van der Waals surface area contributed by atoms with Crippen molar-refractivity contribution in [2.45, 2.75) is 19.8 Å². The number of nitrogens with zero attached hydrogens (tertiary/aromatic N) is 1. The first-order chi connectivity index (χ1) is 7.99. The molecule has 1 heterocycles. The minimum Gasteiger partial charge on any atom is -0.464 e. The van der Waals surface area contributed by atoms with E-state index in [0.29, 0.717) is 4.90 Å². The molecule has 0 aliphatic carbocycles. The van der Waals surface area contributed by atoms with E-state index in [4.69, 9.17) is 27.9 Å². The van der Waals surface area contributed by atoms with Crippen molar-refractivity contribution in [2.75, 3.05) is 13.2 Å². The van der Waals surface area contributed by atoms with Gasteiger partial charge in [0.1, 0.15) is 16.6 Å². The molecule has 0 aromatic rings. The van der Waals surface area contributed by atoms with E-state index in [1.54, 1.807) is 0 Å². The Hall–Kier alpha value is -1.07. The summed E-state index contributed by atoms with van der Waals surface area (Å²) in [6, 6.07) is 0. The lowest BCUT2D eigenvalue weighted by Gasteiger charge is -2.12. The highest BCUT2D eigenvalue weighted by Crippen LogP contribution is 2.26. The van der Waals surface area contributed by atoms with Crippen LogP contribution >= 0.6 is 23.2 Å². The molecule has 0 N–H and O–H groups in total. The summed E-state index contributed by atoms with van der Waals surface area (Å²) in [7, 11) is 0. The predicted molar refractivity (Wildman–Crippen MR) is 61.3 cm³/mol. The number of unbranched alkanes of at least 4 members (excludes halogenated alkanes) is 1. The largest absolute Gasteiger partial charge is 0.464 e. The van der Waals surface area contributed by atoms with E-state index in [-0.39, 0.29) is 16.7 Å². The van der Waals surface area contributed by atoms with Crippen molar-refractivity contribution in [3.63, 3.8) is 0 Å². The summed E-state index contributed by atoms with van der Waals surface area (Å²) in [4.78, 5) is 34.8. The molecule has 0 aromatic carbocycles. The second-order valence-electron chi connectivity index (χ2n) is 3.40. The Balaban J connectivity index is 2.52. The Morgan fingerprint density at radius 3 is 2.24 bits per heavy atom. The zero-order chi connectivity index (χ0) is 13.0. The highest BCUT2D eigenvalue weighted by molar-refractivity contribution is 6.58. The number of hydrogen-bond acceptors (Lipinski definition) is 4. The van der Waals surface area contributed by atoms with Gasteiger partial charge in [-0.2, -0.15) is 0 Å². The number of halogens is 2. The Kier molecular flexibility index (Phi) is 4.96. The van der Waals surface area contributed by atoms with Crippen LogP contribution in [0.15, 0.2) is 10.1 Å². The second kappa shape index (κ2) is 6.02. The van der Waals surface area contributed by atoms with Crippen LogP contribution in [0.4, 0.5) is 0 Å². The van der Waals surface area contributed by atoms with E-state index in [9.17, 15) is 14.4 Å². The average Bonchev–Trinajstić information content (AvgIpc) is 2.47. The summed E-state index contributed by atoms with van der Waals surface area (Å²) in [5.41, 5.74) is 0. The molecule has 1 rings (SSSR count). The van der Waals surface area contributed by atoms with Crippen LogP contribution in [0.25, 0.3) is 0 Å². The highest BCUT2D eigenvalue weighted by Gasteiger charge is 2.37. The standard InChI is InChI=1S/C10H11Cl2NO4/c1-2-3-4-17-6(14)5-13-9(15)7(11)8(12)10(13)16/h2-5H2,1H3. The molecule has 1 aliphatic heterocycles. The minimum absolute atomic E-state index is 0.264. The smallest absolute Gasteiger partial charge is 0.326 e. The summed E-state index contributed by atoms with van der Waals surface area (Å²) < 4.78 is 4.82. The van der Waals surface area contributed by atoms with Crippen molar-refractivity contribution in [2.24, 2.45) is 0 Å². The summed E-state index contributed by atoms with van der Waals surface area (Å²) in [5.74, 6) is -2.20. The third-order valence-electron chi connectivity index (χ3n) is 2.11. The molecular formula is C10H11Cl2NO4. The van der Waals surface area contributed by atoms with Crippen LogP contribution in [0.5, 0.6) is 0 Å². The molecule has 1 aliphatic rings. The van der Waals surface area contributed by atoms with Crippen LogP contribution < -0.4 is 0 Å². The molecule has 0 fully saturated rings. The fraction of sp³-hybridized carbons (Fsp3) is 0.500. The molecule has 0 saturated carbocycles. The quantitative estimate of drug-likeness (QED) is 0.433. The van der Waals surface area contributed by atoms with Gasteiger partial charge in [-0.1, -0.05) is 36.5 Å².